The first-order valence-corrected chi connectivity index (χ1v) is 6.97. The maximum Gasteiger partial charge on any atom is 2.00 e. The quantitative estimate of drug-likeness (QED) is 0.348. The van der Waals surface area contributed by atoms with Crippen molar-refractivity contribution in [2.45, 2.75) is 0 Å². The largest absolute Gasteiger partial charge is 2.00 e. The summed E-state index contributed by atoms with van der Waals surface area (Å²) >= 11 is 0. The van der Waals surface area contributed by atoms with Crippen LogP contribution in [0.3, 0.4) is 0 Å². The molecule has 0 aliphatic rings. The van der Waals surface area contributed by atoms with Crippen LogP contribution >= 0.6 is 0 Å². The smallest absolute Gasteiger partial charge is 0.548 e. The predicted molar refractivity (Wildman–Crippen MR) is 68.7 cm³/mol. The molecular weight excluding hydrogens is 413 g/mol. The van der Waals surface area contributed by atoms with E-state index in [9.17, 15) is 0 Å². The summed E-state index contributed by atoms with van der Waals surface area (Å²) in [7, 11) is -4.94. The number of nitrogens with zero attached hydrogens (tertiary/aromatic N) is 2. The van der Waals surface area contributed by atoms with Gasteiger partial charge in [0.1, 0.15) is 11.6 Å². The van der Waals surface area contributed by atoms with Crippen LogP contribution in [-0.2, 0) is 27.3 Å². The van der Waals surface area contributed by atoms with Gasteiger partial charge in [0.05, 0.1) is 12.6 Å². The molecule has 0 bridgehead atoms. The van der Waals surface area contributed by atoms with Gasteiger partial charge in [-0.2, -0.15) is 0 Å². The van der Waals surface area contributed by atoms with E-state index in [1.807, 2.05) is 36.4 Å². The van der Waals surface area contributed by atoms with Crippen molar-refractivity contribution in [2.24, 2.45) is 0 Å². The minimum atomic E-state index is -4.94. The Kier molecular flexibility index (Phi) is 17.5. The fourth-order valence-corrected chi connectivity index (χ4v) is 1.00. The van der Waals surface area contributed by atoms with Crippen LogP contribution in [0.1, 0.15) is 0 Å². The first-order valence-electron chi connectivity index (χ1n) is 5.74. The number of carboxylic acid groups (broad SMARTS) is 1. The zero-order valence-corrected chi connectivity index (χ0v) is 14.1. The van der Waals surface area contributed by atoms with E-state index >= 15 is 0 Å². The molecule has 0 spiro atoms. The van der Waals surface area contributed by atoms with Crippen LogP contribution in [0, 0.1) is 10.2 Å². The number of aliphatic hydroxyl groups excluding tert-OH is 1. The summed E-state index contributed by atoms with van der Waals surface area (Å²) < 4.78 is 34.0. The number of carboxylic acids is 1. The minimum Gasteiger partial charge on any atom is -0.548 e. The first kappa shape index (κ1) is 28.0. The molecule has 2 rings (SSSR count). The zero-order chi connectivity index (χ0) is 17.7. The number of pyridine rings is 2. The molecule has 0 saturated heterocycles. The van der Waals surface area contributed by atoms with Crippen molar-refractivity contribution in [1.29, 1.82) is 0 Å². The molecule has 13 heteroatoms. The number of aliphatic carboxylic acids is 1. The Morgan fingerprint density at radius 3 is 1.52 bits per heavy atom. The van der Waals surface area contributed by atoms with Gasteiger partial charge in [-0.05, 0) is 24.3 Å². The van der Waals surface area contributed by atoms with Gasteiger partial charge in [-0.15, -0.1) is 10.2 Å². The van der Waals surface area contributed by atoms with Crippen molar-refractivity contribution in [3.63, 3.8) is 0 Å². The third kappa shape index (κ3) is 22.1. The summed E-state index contributed by atoms with van der Waals surface area (Å²) in [4.78, 5) is 17.3. The molecule has 0 saturated carbocycles. The molecule has 2 aromatic rings. The van der Waals surface area contributed by atoms with Crippen LogP contribution in [0.2, 0.25) is 0 Å². The van der Waals surface area contributed by atoms with Crippen molar-refractivity contribution in [3.8, 4) is 0 Å². The Morgan fingerprint density at radius 1 is 1.00 bits per heavy atom. The molecule has 2 heterocycles. The summed E-state index contributed by atoms with van der Waals surface area (Å²) in [5, 5.41) is 19.6. The van der Waals surface area contributed by atoms with Crippen molar-refractivity contribution >= 4 is 17.6 Å². The molecular formula is C12H15ClCuN3O8+. The van der Waals surface area contributed by atoms with Crippen molar-refractivity contribution in [2.75, 3.05) is 11.9 Å². The molecule has 143 valence electrons. The monoisotopic (exact) mass is 427 g/mol. The van der Waals surface area contributed by atoms with Gasteiger partial charge in [-0.25, -0.2) is 28.6 Å². The third-order valence-electron chi connectivity index (χ3n) is 1.72. The maximum absolute atomic E-state index is 9.01. The average Bonchev–Trinajstić information content (AvgIpc) is 2.48. The number of nitrogens with one attached hydrogen (secondary N) is 1. The second-order valence-corrected chi connectivity index (χ2v) is 4.22. The van der Waals surface area contributed by atoms with E-state index in [4.69, 9.17) is 33.6 Å². The number of anilines is 2. The van der Waals surface area contributed by atoms with Crippen molar-refractivity contribution in [1.82, 2.24) is 9.97 Å². The number of rotatable bonds is 3. The Balaban J connectivity index is -0.000000345. The normalized spacial score (nSPS) is 8.84. The zero-order valence-electron chi connectivity index (χ0n) is 12.4. The molecule has 0 unspecified atom stereocenters. The van der Waals surface area contributed by atoms with Crippen LogP contribution in [0.4, 0.5) is 11.6 Å². The number of carbonyl (C=O) groups is 1. The van der Waals surface area contributed by atoms with Crippen molar-refractivity contribution in [3.05, 3.63) is 48.8 Å². The molecule has 0 atom stereocenters. The topological polar surface area (TPSA) is 223 Å². The predicted octanol–water partition coefficient (Wildman–Crippen LogP) is -5.73. The third-order valence-corrected chi connectivity index (χ3v) is 1.72. The van der Waals surface area contributed by atoms with E-state index in [0.717, 1.165) is 11.6 Å². The number of halogens is 1. The Morgan fingerprint density at radius 2 is 1.32 bits per heavy atom. The summed E-state index contributed by atoms with van der Waals surface area (Å²) in [5.41, 5.74) is 0. The minimum absolute atomic E-state index is 0. The van der Waals surface area contributed by atoms with Gasteiger partial charge in [-0.3, -0.25) is 0 Å². The Hall–Kier alpha value is -1.86. The first-order chi connectivity index (χ1) is 10.7. The number of carbonyl (C=O) groups excluding carboxylic acids is 1. The summed E-state index contributed by atoms with van der Waals surface area (Å²) in [6.07, 6.45) is 3.48. The van der Waals surface area contributed by atoms with E-state index < -0.39 is 22.8 Å². The van der Waals surface area contributed by atoms with Crippen LogP contribution in [-0.4, -0.2) is 27.7 Å². The Labute approximate surface area is 155 Å². The molecule has 0 fully saturated rings. The second kappa shape index (κ2) is 15.7. The molecule has 25 heavy (non-hydrogen) atoms. The number of hydrogen-bond acceptors (Lipinski definition) is 10. The van der Waals surface area contributed by atoms with E-state index in [2.05, 4.69) is 15.3 Å². The molecule has 11 nitrogen and oxygen atoms in total. The summed E-state index contributed by atoms with van der Waals surface area (Å²) in [6, 6.07) is 11.4. The van der Waals surface area contributed by atoms with Gasteiger partial charge in [0.15, 0.2) is 0 Å². The Bertz CT molecular complexity index is 516. The molecule has 0 amide bonds. The number of aromatic nitrogens is 2. The second-order valence-electron chi connectivity index (χ2n) is 3.46. The van der Waals surface area contributed by atoms with Crippen LogP contribution < -0.4 is 29.1 Å². The van der Waals surface area contributed by atoms with Crippen molar-refractivity contribution < 1.29 is 66.4 Å². The molecule has 5 N–H and O–H groups in total. The molecule has 2 aromatic heterocycles. The van der Waals surface area contributed by atoms with Crippen LogP contribution in [0.5, 0.6) is 0 Å². The SMILES string of the molecule is O=C([O-])CO.[Cu+2].[O-][Cl+3]([O-])([O-])[O-].[OH3+].c1ccc(Nc2ccccn2)nc1. The molecule has 0 aromatic carbocycles. The van der Waals surface area contributed by atoms with E-state index in [1.54, 1.807) is 12.4 Å². The van der Waals surface area contributed by atoms with Gasteiger partial charge in [-0.1, -0.05) is 12.1 Å². The fourth-order valence-electron chi connectivity index (χ4n) is 1.00. The summed E-state index contributed by atoms with van der Waals surface area (Å²) in [6.45, 7) is -0.889. The molecule has 1 radical (unpaired) electrons. The van der Waals surface area contributed by atoms with Gasteiger partial charge in [0.2, 0.25) is 0 Å². The molecule has 0 aliphatic heterocycles. The fraction of sp³-hybridized carbons (Fsp3) is 0.0833. The molecule has 0 aliphatic carbocycles. The van der Waals surface area contributed by atoms with Gasteiger partial charge < -0.3 is 25.8 Å². The standard InChI is InChI=1S/C10H9N3.C2H4O3.ClHO4.Cu.H2O/c1-3-7-11-9(5-1)13-10-6-2-4-8-12-10;3-1-2(4)5;2-1(3,4)5;;/h1-8H,(H,11,12,13);3H,1H2,(H,4,5);(H,2,3,4,5);;1H2/q;;;+2;/p-1. The number of hydrogen-bond donors (Lipinski definition) is 2. The van der Waals surface area contributed by atoms with Gasteiger partial charge >= 0.3 is 17.1 Å². The van der Waals surface area contributed by atoms with Crippen LogP contribution in [0.15, 0.2) is 48.8 Å². The van der Waals surface area contributed by atoms with E-state index in [-0.39, 0.29) is 22.5 Å². The average molecular weight is 428 g/mol. The van der Waals surface area contributed by atoms with Gasteiger partial charge in [0.25, 0.3) is 0 Å². The maximum atomic E-state index is 9.01. The van der Waals surface area contributed by atoms with Gasteiger partial charge in [0, 0.05) is 12.4 Å². The van der Waals surface area contributed by atoms with E-state index in [0.29, 0.717) is 0 Å². The summed E-state index contributed by atoms with van der Waals surface area (Å²) in [5.74, 6) is 0.174. The number of aliphatic hydroxyl groups is 1. The van der Waals surface area contributed by atoms with Crippen LogP contribution in [0.25, 0.3) is 0 Å². The van der Waals surface area contributed by atoms with E-state index in [1.165, 1.54) is 0 Å².